The van der Waals surface area contributed by atoms with E-state index in [9.17, 15) is 9.59 Å². The topological polar surface area (TPSA) is 88.3 Å². The molecule has 1 aliphatic heterocycles. The van der Waals surface area contributed by atoms with Crippen LogP contribution in [0.15, 0.2) is 5.38 Å². The highest BCUT2D eigenvalue weighted by Gasteiger charge is 2.41. The molecule has 3 N–H and O–H groups in total. The van der Waals surface area contributed by atoms with E-state index in [2.05, 4.69) is 15.7 Å². The van der Waals surface area contributed by atoms with Gasteiger partial charge in [-0.3, -0.25) is 10.1 Å². The first-order valence-electron chi connectivity index (χ1n) is 8.91. The fourth-order valence-electron chi connectivity index (χ4n) is 4.69. The number of hydrogen-bond acceptors (Lipinski definition) is 4. The highest BCUT2D eigenvalue weighted by molar-refractivity contribution is 7.13. The predicted octanol–water partition coefficient (Wildman–Crippen LogP) is 2.78. The third kappa shape index (κ3) is 3.01. The second-order valence-electron chi connectivity index (χ2n) is 7.48. The number of piperidine rings is 1. The van der Waals surface area contributed by atoms with Gasteiger partial charge in [0.25, 0.3) is 0 Å². The van der Waals surface area contributed by atoms with Crippen molar-refractivity contribution in [2.75, 3.05) is 18.4 Å². The Morgan fingerprint density at radius 1 is 1.29 bits per heavy atom. The van der Waals surface area contributed by atoms with Crippen molar-refractivity contribution in [3.05, 3.63) is 11.1 Å². The Morgan fingerprint density at radius 2 is 2.17 bits per heavy atom. The van der Waals surface area contributed by atoms with Gasteiger partial charge in [-0.15, -0.1) is 11.3 Å². The zero-order chi connectivity index (χ0) is 16.7. The van der Waals surface area contributed by atoms with E-state index in [-0.39, 0.29) is 17.9 Å². The quantitative estimate of drug-likeness (QED) is 0.880. The van der Waals surface area contributed by atoms with Crippen molar-refractivity contribution < 1.29 is 9.59 Å². The fourth-order valence-corrected chi connectivity index (χ4v) is 5.45. The van der Waals surface area contributed by atoms with Gasteiger partial charge < -0.3 is 10.6 Å². The van der Waals surface area contributed by atoms with Gasteiger partial charge in [0.2, 0.25) is 5.91 Å². The summed E-state index contributed by atoms with van der Waals surface area (Å²) in [6.45, 7) is 1.08. The Bertz CT molecular complexity index is 646. The monoisotopic (exact) mass is 348 g/mol. The van der Waals surface area contributed by atoms with Crippen molar-refractivity contribution in [2.45, 2.75) is 44.4 Å². The normalized spacial score (nSPS) is 32.1. The second-order valence-corrected chi connectivity index (χ2v) is 8.33. The average molecular weight is 348 g/mol. The first-order valence-corrected chi connectivity index (χ1v) is 9.79. The molecule has 0 radical (unpaired) electrons. The molecule has 2 saturated carbocycles. The molecule has 4 rings (SSSR count). The van der Waals surface area contributed by atoms with Crippen LogP contribution in [-0.2, 0) is 4.79 Å². The molecule has 2 bridgehead atoms. The van der Waals surface area contributed by atoms with Gasteiger partial charge in [0.1, 0.15) is 0 Å². The minimum atomic E-state index is -0.319. The van der Waals surface area contributed by atoms with Crippen LogP contribution in [0.3, 0.4) is 0 Å². The number of fused-ring (bicyclic) bond motifs is 2. The molecule has 3 amide bonds. The molecular formula is C17H24N4O2S. The SMILES string of the molecule is NC(=O)[C@@H]1CCCN(C(=O)Nc2nc([C@@H]3C[C@H]4CC[C@H]3C4)cs2)C1. The number of rotatable bonds is 3. The molecule has 4 atom stereocenters. The number of primary amides is 1. The number of urea groups is 1. The number of thiazole rings is 1. The van der Waals surface area contributed by atoms with Gasteiger partial charge in [0.15, 0.2) is 5.13 Å². The van der Waals surface area contributed by atoms with E-state index < -0.39 is 0 Å². The maximum atomic E-state index is 12.4. The molecule has 6 nitrogen and oxygen atoms in total. The van der Waals surface area contributed by atoms with Crippen molar-refractivity contribution >= 4 is 28.4 Å². The highest BCUT2D eigenvalue weighted by Crippen LogP contribution is 2.52. The van der Waals surface area contributed by atoms with Crippen LogP contribution in [0.25, 0.3) is 0 Å². The Balaban J connectivity index is 1.37. The Morgan fingerprint density at radius 3 is 2.88 bits per heavy atom. The Hall–Kier alpha value is -1.63. The molecule has 7 heteroatoms. The molecule has 24 heavy (non-hydrogen) atoms. The molecule has 2 heterocycles. The van der Waals surface area contributed by atoms with Gasteiger partial charge in [-0.2, -0.15) is 0 Å². The molecule has 3 aliphatic rings. The summed E-state index contributed by atoms with van der Waals surface area (Å²) in [5, 5.41) is 5.67. The number of amides is 3. The number of carbonyl (C=O) groups excluding carboxylic acids is 2. The summed E-state index contributed by atoms with van der Waals surface area (Å²) in [6, 6.07) is -0.171. The Labute approximate surface area is 145 Å². The summed E-state index contributed by atoms with van der Waals surface area (Å²) in [5.74, 6) is 1.71. The van der Waals surface area contributed by atoms with E-state index in [4.69, 9.17) is 5.73 Å². The maximum absolute atomic E-state index is 12.4. The molecule has 0 aromatic carbocycles. The largest absolute Gasteiger partial charge is 0.369 e. The first kappa shape index (κ1) is 15.9. The Kier molecular flexibility index (Phi) is 4.20. The van der Waals surface area contributed by atoms with Gasteiger partial charge in [-0.25, -0.2) is 9.78 Å². The number of anilines is 1. The van der Waals surface area contributed by atoms with Crippen molar-refractivity contribution in [1.29, 1.82) is 0 Å². The molecule has 0 spiro atoms. The van der Waals surface area contributed by atoms with Crippen LogP contribution in [0.1, 0.15) is 50.1 Å². The third-order valence-corrected chi connectivity index (χ3v) is 6.74. The number of likely N-dealkylation sites (tertiary alicyclic amines) is 1. The summed E-state index contributed by atoms with van der Waals surface area (Å²) in [6.07, 6.45) is 6.90. The minimum Gasteiger partial charge on any atom is -0.369 e. The van der Waals surface area contributed by atoms with Gasteiger partial charge >= 0.3 is 6.03 Å². The van der Waals surface area contributed by atoms with Gasteiger partial charge in [0, 0.05) is 24.4 Å². The number of aromatic nitrogens is 1. The summed E-state index contributed by atoms with van der Waals surface area (Å²) in [5.41, 5.74) is 6.53. The lowest BCUT2D eigenvalue weighted by atomic mass is 9.87. The van der Waals surface area contributed by atoms with E-state index in [1.165, 1.54) is 37.0 Å². The van der Waals surface area contributed by atoms with Crippen LogP contribution >= 0.6 is 11.3 Å². The average Bonchev–Trinajstić information content (AvgIpc) is 3.31. The lowest BCUT2D eigenvalue weighted by Crippen LogP contribution is -2.45. The predicted molar refractivity (Wildman–Crippen MR) is 92.8 cm³/mol. The van der Waals surface area contributed by atoms with Gasteiger partial charge in [0.05, 0.1) is 11.6 Å². The molecule has 1 saturated heterocycles. The van der Waals surface area contributed by atoms with Crippen LogP contribution in [0.4, 0.5) is 9.93 Å². The van der Waals surface area contributed by atoms with E-state index in [1.54, 1.807) is 4.90 Å². The van der Waals surface area contributed by atoms with Crippen molar-refractivity contribution in [1.82, 2.24) is 9.88 Å². The lowest BCUT2D eigenvalue weighted by Gasteiger charge is -2.30. The first-order chi connectivity index (χ1) is 11.6. The van der Waals surface area contributed by atoms with Crippen molar-refractivity contribution in [3.8, 4) is 0 Å². The molecular weight excluding hydrogens is 324 g/mol. The summed E-state index contributed by atoms with van der Waals surface area (Å²) in [7, 11) is 0. The summed E-state index contributed by atoms with van der Waals surface area (Å²) >= 11 is 1.50. The molecule has 1 aromatic heterocycles. The van der Waals surface area contributed by atoms with E-state index in [1.807, 2.05) is 0 Å². The standard InChI is InChI=1S/C17H24N4O2S/c18-15(22)12-2-1-5-21(8-12)17(23)20-16-19-14(9-24-16)13-7-10-3-4-11(13)6-10/h9-13H,1-8H2,(H2,18,22)(H,19,20,23)/t10-,11-,12+,13+/m0/s1. The van der Waals surface area contributed by atoms with Crippen LogP contribution in [0.5, 0.6) is 0 Å². The summed E-state index contributed by atoms with van der Waals surface area (Å²) < 4.78 is 0. The summed E-state index contributed by atoms with van der Waals surface area (Å²) in [4.78, 5) is 30.1. The van der Waals surface area contributed by atoms with E-state index in [0.717, 1.165) is 30.4 Å². The van der Waals surface area contributed by atoms with Crippen LogP contribution in [-0.4, -0.2) is 34.9 Å². The van der Waals surface area contributed by atoms with Crippen LogP contribution in [0, 0.1) is 17.8 Å². The van der Waals surface area contributed by atoms with Crippen molar-refractivity contribution in [2.24, 2.45) is 23.5 Å². The van der Waals surface area contributed by atoms with Crippen molar-refractivity contribution in [3.63, 3.8) is 0 Å². The van der Waals surface area contributed by atoms with Crippen LogP contribution < -0.4 is 11.1 Å². The number of hydrogen-bond donors (Lipinski definition) is 2. The van der Waals surface area contributed by atoms with E-state index >= 15 is 0 Å². The maximum Gasteiger partial charge on any atom is 0.323 e. The second kappa shape index (κ2) is 6.35. The smallest absolute Gasteiger partial charge is 0.323 e. The molecule has 0 unspecified atom stereocenters. The third-order valence-electron chi connectivity index (χ3n) is 5.96. The van der Waals surface area contributed by atoms with Crippen LogP contribution in [0.2, 0.25) is 0 Å². The molecule has 2 aliphatic carbocycles. The zero-order valence-corrected chi connectivity index (χ0v) is 14.6. The number of carbonyl (C=O) groups is 2. The van der Waals surface area contributed by atoms with E-state index in [0.29, 0.717) is 24.1 Å². The molecule has 1 aromatic rings. The minimum absolute atomic E-state index is 0.171. The number of nitrogens with zero attached hydrogens (tertiary/aromatic N) is 2. The highest BCUT2D eigenvalue weighted by atomic mass is 32.1. The molecule has 3 fully saturated rings. The number of nitrogens with one attached hydrogen (secondary N) is 1. The molecule has 130 valence electrons. The zero-order valence-electron chi connectivity index (χ0n) is 13.7. The number of nitrogens with two attached hydrogens (primary N) is 1. The lowest BCUT2D eigenvalue weighted by molar-refractivity contribution is -0.123. The fraction of sp³-hybridized carbons (Fsp3) is 0.706. The van der Waals surface area contributed by atoms with Gasteiger partial charge in [-0.05, 0) is 43.9 Å². The van der Waals surface area contributed by atoms with Gasteiger partial charge in [-0.1, -0.05) is 6.42 Å².